The van der Waals surface area contributed by atoms with Crippen LogP contribution >= 0.6 is 0 Å². The van der Waals surface area contributed by atoms with Gasteiger partial charge in [0.2, 0.25) is 5.88 Å². The van der Waals surface area contributed by atoms with Crippen molar-refractivity contribution in [3.8, 4) is 17.4 Å². The molecule has 2 aromatic heterocycles. The van der Waals surface area contributed by atoms with E-state index in [-0.39, 0.29) is 11.6 Å². The largest absolute Gasteiger partial charge is 0.493 e. The third-order valence-electron chi connectivity index (χ3n) is 4.46. The fraction of sp³-hybridized carbons (Fsp3) is 0.263. The summed E-state index contributed by atoms with van der Waals surface area (Å²) in [7, 11) is 0. The Morgan fingerprint density at radius 1 is 1.12 bits per heavy atom. The van der Waals surface area contributed by atoms with Gasteiger partial charge in [0.1, 0.15) is 18.2 Å². The van der Waals surface area contributed by atoms with Crippen LogP contribution in [0.15, 0.2) is 53.5 Å². The molecule has 3 heterocycles. The number of fused-ring (bicyclic) bond motifs is 1. The topological polar surface area (TPSA) is 69.3 Å². The van der Waals surface area contributed by atoms with Crippen LogP contribution in [0.25, 0.3) is 5.82 Å². The van der Waals surface area contributed by atoms with Crippen molar-refractivity contribution >= 4 is 0 Å². The van der Waals surface area contributed by atoms with Gasteiger partial charge in [0, 0.05) is 6.54 Å². The molecule has 0 radical (unpaired) electrons. The van der Waals surface area contributed by atoms with Crippen molar-refractivity contribution in [1.29, 1.82) is 0 Å². The molecule has 6 heteroatoms. The molecule has 0 bridgehead atoms. The summed E-state index contributed by atoms with van der Waals surface area (Å²) in [4.78, 5) is 16.8. The van der Waals surface area contributed by atoms with Crippen LogP contribution < -0.4 is 10.4 Å². The van der Waals surface area contributed by atoms with Gasteiger partial charge >= 0.3 is 5.69 Å². The van der Waals surface area contributed by atoms with Crippen LogP contribution in [-0.4, -0.2) is 19.2 Å². The van der Waals surface area contributed by atoms with Gasteiger partial charge in [0.05, 0.1) is 11.9 Å². The van der Waals surface area contributed by atoms with E-state index in [1.165, 1.54) is 4.57 Å². The van der Waals surface area contributed by atoms with Gasteiger partial charge in [0.25, 0.3) is 0 Å². The smallest absolute Gasteiger partial charge is 0.337 e. The second-order valence-electron chi connectivity index (χ2n) is 6.12. The highest BCUT2D eigenvalue weighted by Crippen LogP contribution is 2.25. The van der Waals surface area contributed by atoms with Gasteiger partial charge in [-0.1, -0.05) is 30.3 Å². The van der Waals surface area contributed by atoms with Crippen LogP contribution in [-0.2, 0) is 19.6 Å². The average Bonchev–Trinajstić information content (AvgIpc) is 2.93. The minimum Gasteiger partial charge on any atom is -0.493 e. The summed E-state index contributed by atoms with van der Waals surface area (Å²) < 4.78 is 8.61. The van der Waals surface area contributed by atoms with Gasteiger partial charge < -0.3 is 9.84 Å². The zero-order valence-electron chi connectivity index (χ0n) is 13.8. The Kier molecular flexibility index (Phi) is 4.01. The van der Waals surface area contributed by atoms with Crippen LogP contribution in [0.4, 0.5) is 0 Å². The van der Waals surface area contributed by atoms with E-state index < -0.39 is 0 Å². The van der Waals surface area contributed by atoms with Gasteiger partial charge in [-0.2, -0.15) is 0 Å². The lowest BCUT2D eigenvalue weighted by Crippen LogP contribution is -2.26. The Morgan fingerprint density at radius 3 is 2.68 bits per heavy atom. The van der Waals surface area contributed by atoms with Crippen molar-refractivity contribution in [2.45, 2.75) is 32.4 Å². The minimum absolute atomic E-state index is 0.00449. The number of ether oxygens (including phenoxy) is 1. The molecule has 0 saturated heterocycles. The average molecular weight is 337 g/mol. The number of imidazole rings is 1. The lowest BCUT2D eigenvalue weighted by atomic mass is 10.1. The predicted molar refractivity (Wildman–Crippen MR) is 93.2 cm³/mol. The monoisotopic (exact) mass is 337 g/mol. The molecule has 1 N–H and O–H groups in total. The fourth-order valence-corrected chi connectivity index (χ4v) is 3.15. The van der Waals surface area contributed by atoms with Crippen molar-refractivity contribution in [2.24, 2.45) is 0 Å². The van der Waals surface area contributed by atoms with Crippen LogP contribution in [0.3, 0.4) is 0 Å². The molecule has 0 atom stereocenters. The molecular weight excluding hydrogens is 318 g/mol. The third kappa shape index (κ3) is 2.91. The van der Waals surface area contributed by atoms with Crippen LogP contribution in [0.1, 0.15) is 24.1 Å². The van der Waals surface area contributed by atoms with Gasteiger partial charge in [-0.25, -0.2) is 14.3 Å². The van der Waals surface area contributed by atoms with E-state index in [4.69, 9.17) is 4.74 Å². The molecule has 0 saturated carbocycles. The van der Waals surface area contributed by atoms with Crippen LogP contribution in [0.5, 0.6) is 11.6 Å². The molecule has 1 aliphatic rings. The Hall–Kier alpha value is -3.02. The van der Waals surface area contributed by atoms with Crippen molar-refractivity contribution in [3.05, 3.63) is 70.4 Å². The summed E-state index contributed by atoms with van der Waals surface area (Å²) in [5, 5.41) is 10.4. The summed E-state index contributed by atoms with van der Waals surface area (Å²) in [5.41, 5.74) is 1.53. The molecule has 25 heavy (non-hydrogen) atoms. The molecule has 3 aromatic rings. The fourth-order valence-electron chi connectivity index (χ4n) is 3.15. The standard InChI is InChI=1S/C19H19N3O3/c23-18-16-8-4-5-11-21(16)19(24)22(18)17-10-9-15(12-20-17)25-13-14-6-2-1-3-7-14/h1-3,6-7,9-10,12,23H,4-5,8,11,13H2. The lowest BCUT2D eigenvalue weighted by Gasteiger charge is -2.11. The zero-order chi connectivity index (χ0) is 17.2. The lowest BCUT2D eigenvalue weighted by molar-refractivity contribution is 0.305. The number of hydrogen-bond acceptors (Lipinski definition) is 4. The second kappa shape index (κ2) is 6.47. The normalized spacial score (nSPS) is 13.4. The van der Waals surface area contributed by atoms with E-state index in [9.17, 15) is 9.90 Å². The van der Waals surface area contributed by atoms with E-state index in [0.717, 1.165) is 18.4 Å². The Morgan fingerprint density at radius 2 is 1.96 bits per heavy atom. The van der Waals surface area contributed by atoms with E-state index in [1.54, 1.807) is 22.9 Å². The SMILES string of the molecule is O=c1n2c(c(O)n1-c1ccc(OCc3ccccc3)cn1)CCCC2. The summed E-state index contributed by atoms with van der Waals surface area (Å²) in [6.07, 6.45) is 4.22. The van der Waals surface area contributed by atoms with Crippen LogP contribution in [0, 0.1) is 0 Å². The Balaban J connectivity index is 1.57. The number of nitrogens with zero attached hydrogens (tertiary/aromatic N) is 3. The van der Waals surface area contributed by atoms with Gasteiger partial charge in [-0.3, -0.25) is 4.57 Å². The Bertz CT molecular complexity index is 927. The quantitative estimate of drug-likeness (QED) is 0.795. The summed E-state index contributed by atoms with van der Waals surface area (Å²) in [6, 6.07) is 13.3. The van der Waals surface area contributed by atoms with Crippen molar-refractivity contribution in [3.63, 3.8) is 0 Å². The van der Waals surface area contributed by atoms with Crippen LogP contribution in [0.2, 0.25) is 0 Å². The van der Waals surface area contributed by atoms with E-state index in [2.05, 4.69) is 4.98 Å². The summed E-state index contributed by atoms with van der Waals surface area (Å²) in [5.74, 6) is 1.01. The Labute approximate surface area is 145 Å². The molecule has 0 aliphatic carbocycles. The number of benzene rings is 1. The number of aromatic hydroxyl groups is 1. The highest BCUT2D eigenvalue weighted by molar-refractivity contribution is 5.36. The highest BCUT2D eigenvalue weighted by Gasteiger charge is 2.23. The number of hydrogen-bond donors (Lipinski definition) is 1. The van der Waals surface area contributed by atoms with Crippen molar-refractivity contribution < 1.29 is 9.84 Å². The maximum atomic E-state index is 12.5. The molecule has 1 aliphatic heterocycles. The number of aromatic nitrogens is 3. The summed E-state index contributed by atoms with van der Waals surface area (Å²) in [6.45, 7) is 1.10. The van der Waals surface area contributed by atoms with Gasteiger partial charge in [-0.05, 0) is 37.0 Å². The molecule has 0 unspecified atom stereocenters. The molecule has 0 amide bonds. The zero-order valence-corrected chi connectivity index (χ0v) is 13.8. The molecule has 4 rings (SSSR count). The molecule has 0 fully saturated rings. The molecular formula is C19H19N3O3. The van der Waals surface area contributed by atoms with E-state index in [1.807, 2.05) is 30.3 Å². The van der Waals surface area contributed by atoms with E-state index in [0.29, 0.717) is 36.8 Å². The van der Waals surface area contributed by atoms with Crippen molar-refractivity contribution in [2.75, 3.05) is 0 Å². The maximum absolute atomic E-state index is 12.5. The first-order valence-electron chi connectivity index (χ1n) is 8.40. The first kappa shape index (κ1) is 15.5. The maximum Gasteiger partial charge on any atom is 0.337 e. The molecule has 128 valence electrons. The molecule has 1 aromatic carbocycles. The number of pyridine rings is 1. The first-order chi connectivity index (χ1) is 12.2. The summed E-state index contributed by atoms with van der Waals surface area (Å²) >= 11 is 0. The van der Waals surface area contributed by atoms with Gasteiger partial charge in [-0.15, -0.1) is 0 Å². The van der Waals surface area contributed by atoms with E-state index >= 15 is 0 Å². The minimum atomic E-state index is -0.238. The highest BCUT2D eigenvalue weighted by atomic mass is 16.5. The predicted octanol–water partition coefficient (Wildman–Crippen LogP) is 2.65. The first-order valence-corrected chi connectivity index (χ1v) is 8.40. The van der Waals surface area contributed by atoms with Gasteiger partial charge in [0.15, 0.2) is 0 Å². The number of rotatable bonds is 4. The third-order valence-corrected chi connectivity index (χ3v) is 4.46. The second-order valence-corrected chi connectivity index (χ2v) is 6.12. The molecule has 6 nitrogen and oxygen atoms in total. The van der Waals surface area contributed by atoms with Crippen molar-refractivity contribution in [1.82, 2.24) is 14.1 Å². The molecule has 0 spiro atoms.